The Bertz CT molecular complexity index is 797. The minimum Gasteiger partial charge on any atom is -0.477 e. The van der Waals surface area contributed by atoms with E-state index in [1.54, 1.807) is 4.57 Å². The number of benzene rings is 1. The number of pyridine rings is 1. The number of rotatable bonds is 1. The van der Waals surface area contributed by atoms with Crippen LogP contribution in [0.25, 0.3) is 10.9 Å². The second kappa shape index (κ2) is 4.03. The summed E-state index contributed by atoms with van der Waals surface area (Å²) >= 11 is 1.92. The molecule has 4 nitrogen and oxygen atoms in total. The van der Waals surface area contributed by atoms with Crippen molar-refractivity contribution in [3.8, 4) is 0 Å². The summed E-state index contributed by atoms with van der Waals surface area (Å²) in [6, 6.07) is 1.16. The summed E-state index contributed by atoms with van der Waals surface area (Å²) in [6.07, 6.45) is 1.97. The van der Waals surface area contributed by atoms with E-state index < -0.39 is 17.2 Å². The van der Waals surface area contributed by atoms with E-state index in [-0.39, 0.29) is 17.0 Å². The number of aromatic nitrogens is 1. The van der Waals surface area contributed by atoms with Gasteiger partial charge >= 0.3 is 5.97 Å². The Morgan fingerprint density at radius 1 is 1.58 bits per heavy atom. The van der Waals surface area contributed by atoms with Gasteiger partial charge in [-0.2, -0.15) is 0 Å². The van der Waals surface area contributed by atoms with Crippen LogP contribution in [0.2, 0.25) is 0 Å². The topological polar surface area (TPSA) is 59.3 Å². The molecule has 0 saturated carbocycles. The molecule has 19 heavy (non-hydrogen) atoms. The highest BCUT2D eigenvalue weighted by molar-refractivity contribution is 14.1. The first-order valence-electron chi connectivity index (χ1n) is 5.71. The number of hydrogen-bond acceptors (Lipinski definition) is 2. The van der Waals surface area contributed by atoms with Crippen LogP contribution in [0.3, 0.4) is 0 Å². The van der Waals surface area contributed by atoms with Crippen LogP contribution >= 0.6 is 22.6 Å². The zero-order valence-electron chi connectivity index (χ0n) is 9.91. The minimum absolute atomic E-state index is 0.0199. The fourth-order valence-electron chi connectivity index (χ4n) is 2.62. The molecular formula is C13H9FINO3. The number of carbonyl (C=O) groups is 1. The zero-order chi connectivity index (χ0) is 13.9. The van der Waals surface area contributed by atoms with E-state index in [4.69, 9.17) is 5.11 Å². The number of hydrogen-bond donors (Lipinski definition) is 1. The molecule has 0 spiro atoms. The van der Waals surface area contributed by atoms with E-state index in [0.717, 1.165) is 11.6 Å². The molecule has 2 aromatic rings. The molecule has 0 radical (unpaired) electrons. The van der Waals surface area contributed by atoms with Gasteiger partial charge < -0.3 is 9.67 Å². The molecule has 6 heteroatoms. The van der Waals surface area contributed by atoms with Crippen molar-refractivity contribution in [3.05, 3.63) is 43.0 Å². The number of halogens is 2. The van der Waals surface area contributed by atoms with Crippen LogP contribution in [0.5, 0.6) is 0 Å². The lowest BCUT2D eigenvalue weighted by atomic mass is 10.1. The second-order valence-electron chi connectivity index (χ2n) is 4.68. The normalized spacial score (nSPS) is 17.1. The van der Waals surface area contributed by atoms with E-state index in [0.29, 0.717) is 15.5 Å². The van der Waals surface area contributed by atoms with Crippen molar-refractivity contribution in [1.29, 1.82) is 0 Å². The van der Waals surface area contributed by atoms with Crippen LogP contribution in [0.15, 0.2) is 17.1 Å². The number of aromatic carboxylic acids is 1. The van der Waals surface area contributed by atoms with E-state index >= 15 is 0 Å². The van der Waals surface area contributed by atoms with Crippen LogP contribution in [-0.2, 0) is 6.42 Å². The maximum atomic E-state index is 13.9. The van der Waals surface area contributed by atoms with Gasteiger partial charge in [0.1, 0.15) is 11.4 Å². The molecule has 1 aliphatic heterocycles. The SMILES string of the molecule is CC1Cc2c(I)c(F)cc3c(=O)c(C(=O)O)cn1c23. The molecule has 0 saturated heterocycles. The van der Waals surface area contributed by atoms with Gasteiger partial charge in [-0.3, -0.25) is 4.79 Å². The first-order chi connectivity index (χ1) is 8.91. The molecule has 0 bridgehead atoms. The van der Waals surface area contributed by atoms with E-state index in [1.807, 2.05) is 29.5 Å². The average Bonchev–Trinajstić information content (AvgIpc) is 2.67. The van der Waals surface area contributed by atoms with Crippen molar-refractivity contribution in [2.45, 2.75) is 19.4 Å². The van der Waals surface area contributed by atoms with Crippen LogP contribution in [0, 0.1) is 9.39 Å². The van der Waals surface area contributed by atoms with Gasteiger partial charge in [0, 0.05) is 17.6 Å². The molecule has 2 heterocycles. The van der Waals surface area contributed by atoms with Crippen molar-refractivity contribution in [3.63, 3.8) is 0 Å². The average molecular weight is 373 g/mol. The van der Waals surface area contributed by atoms with Gasteiger partial charge in [0.25, 0.3) is 0 Å². The quantitative estimate of drug-likeness (QED) is 0.782. The highest BCUT2D eigenvalue weighted by atomic mass is 127. The van der Waals surface area contributed by atoms with E-state index in [9.17, 15) is 14.0 Å². The zero-order valence-corrected chi connectivity index (χ0v) is 12.1. The summed E-state index contributed by atoms with van der Waals surface area (Å²) in [6.45, 7) is 1.92. The summed E-state index contributed by atoms with van der Waals surface area (Å²) in [5.41, 5.74) is 0.516. The van der Waals surface area contributed by atoms with Crippen molar-refractivity contribution in [2.75, 3.05) is 0 Å². The summed E-state index contributed by atoms with van der Waals surface area (Å²) < 4.78 is 16.1. The van der Waals surface area contributed by atoms with Crippen molar-refractivity contribution in [1.82, 2.24) is 4.57 Å². The Labute approximate surface area is 121 Å². The summed E-state index contributed by atoms with van der Waals surface area (Å²) in [4.78, 5) is 23.2. The summed E-state index contributed by atoms with van der Waals surface area (Å²) in [5, 5.41) is 9.21. The van der Waals surface area contributed by atoms with Crippen molar-refractivity contribution >= 4 is 39.5 Å². The lowest BCUT2D eigenvalue weighted by Crippen LogP contribution is -2.18. The highest BCUT2D eigenvalue weighted by Crippen LogP contribution is 2.35. The molecule has 0 amide bonds. The fourth-order valence-corrected chi connectivity index (χ4v) is 3.26. The molecule has 1 atom stereocenters. The largest absolute Gasteiger partial charge is 0.477 e. The molecule has 0 fully saturated rings. The number of carboxylic acid groups (broad SMARTS) is 1. The van der Waals surface area contributed by atoms with E-state index in [2.05, 4.69) is 0 Å². The lowest BCUT2D eigenvalue weighted by molar-refractivity contribution is 0.0695. The molecular weight excluding hydrogens is 364 g/mol. The molecule has 1 aromatic carbocycles. The maximum Gasteiger partial charge on any atom is 0.341 e. The Morgan fingerprint density at radius 2 is 2.26 bits per heavy atom. The van der Waals surface area contributed by atoms with Gasteiger partial charge in [0.2, 0.25) is 5.43 Å². The van der Waals surface area contributed by atoms with Crippen molar-refractivity contribution in [2.24, 2.45) is 0 Å². The van der Waals surface area contributed by atoms with Crippen LogP contribution in [-0.4, -0.2) is 15.6 Å². The number of nitrogens with zero attached hydrogens (tertiary/aromatic N) is 1. The van der Waals surface area contributed by atoms with E-state index in [1.165, 1.54) is 6.20 Å². The van der Waals surface area contributed by atoms with Crippen LogP contribution in [0.1, 0.15) is 28.9 Å². The van der Waals surface area contributed by atoms with Crippen LogP contribution in [0.4, 0.5) is 4.39 Å². The Balaban J connectivity index is 2.57. The van der Waals surface area contributed by atoms with Gasteiger partial charge in [0.15, 0.2) is 0 Å². The predicted octanol–water partition coefficient (Wildman–Crippen LogP) is 2.56. The lowest BCUT2D eigenvalue weighted by Gasteiger charge is -2.11. The smallest absolute Gasteiger partial charge is 0.341 e. The number of carboxylic acids is 1. The Kier molecular flexibility index (Phi) is 2.67. The third-order valence-electron chi connectivity index (χ3n) is 3.51. The molecule has 98 valence electrons. The predicted molar refractivity (Wildman–Crippen MR) is 76.3 cm³/mol. The fraction of sp³-hybridized carbons (Fsp3) is 0.231. The third-order valence-corrected chi connectivity index (χ3v) is 4.67. The van der Waals surface area contributed by atoms with Gasteiger partial charge in [-0.05, 0) is 47.6 Å². The molecule has 1 N–H and O–H groups in total. The van der Waals surface area contributed by atoms with Crippen molar-refractivity contribution < 1.29 is 14.3 Å². The van der Waals surface area contributed by atoms with Gasteiger partial charge in [-0.1, -0.05) is 0 Å². The van der Waals surface area contributed by atoms with Crippen LogP contribution < -0.4 is 5.43 Å². The first kappa shape index (κ1) is 12.6. The van der Waals surface area contributed by atoms with Gasteiger partial charge in [-0.15, -0.1) is 0 Å². The third kappa shape index (κ3) is 1.62. The monoisotopic (exact) mass is 373 g/mol. The first-order valence-corrected chi connectivity index (χ1v) is 6.78. The van der Waals surface area contributed by atoms with Gasteiger partial charge in [-0.25, -0.2) is 9.18 Å². The summed E-state index contributed by atoms with van der Waals surface area (Å²) in [5.74, 6) is -1.75. The molecule has 1 unspecified atom stereocenters. The maximum absolute atomic E-state index is 13.9. The second-order valence-corrected chi connectivity index (χ2v) is 5.76. The van der Waals surface area contributed by atoms with Gasteiger partial charge in [0.05, 0.1) is 9.09 Å². The molecule has 3 rings (SSSR count). The Morgan fingerprint density at radius 3 is 2.89 bits per heavy atom. The molecule has 1 aliphatic rings. The minimum atomic E-state index is -1.28. The molecule has 1 aromatic heterocycles. The summed E-state index contributed by atoms with van der Waals surface area (Å²) in [7, 11) is 0. The highest BCUT2D eigenvalue weighted by Gasteiger charge is 2.27. The Hall–Kier alpha value is -1.44. The standard InChI is InChI=1S/C13H9FINO3/c1-5-2-6-10(15)9(14)3-7-11(6)16(5)4-8(12(7)17)13(18)19/h3-5H,2H2,1H3,(H,18,19). The molecule has 0 aliphatic carbocycles.